The summed E-state index contributed by atoms with van der Waals surface area (Å²) in [5.41, 5.74) is 5.85. The van der Waals surface area contributed by atoms with E-state index in [0.717, 1.165) is 54.1 Å². The van der Waals surface area contributed by atoms with E-state index in [0.29, 0.717) is 28.9 Å². The lowest BCUT2D eigenvalue weighted by atomic mass is 9.93. The number of fused-ring (bicyclic) bond motifs is 1. The summed E-state index contributed by atoms with van der Waals surface area (Å²) in [5.74, 6) is -0.347. The van der Waals surface area contributed by atoms with E-state index in [-0.39, 0.29) is 11.7 Å². The SMILES string of the molecule is Cc1nc2cc(-c3cccc(-c4ccc(F)cc4)c3)nn2c(N2CCC3(CC2)CC3)c1C(OCC(C)C)C(=O)O. The number of carbonyl (C=O) groups is 1. The zero-order valence-corrected chi connectivity index (χ0v) is 23.2. The molecular weight excluding hydrogens is 507 g/mol. The summed E-state index contributed by atoms with van der Waals surface area (Å²) in [6.45, 7) is 7.90. The molecule has 40 heavy (non-hydrogen) atoms. The molecule has 208 valence electrons. The van der Waals surface area contributed by atoms with Gasteiger partial charge in [-0.2, -0.15) is 9.61 Å². The molecule has 1 atom stereocenters. The van der Waals surface area contributed by atoms with Gasteiger partial charge in [0.2, 0.25) is 0 Å². The van der Waals surface area contributed by atoms with Crippen molar-refractivity contribution in [2.24, 2.45) is 11.3 Å². The van der Waals surface area contributed by atoms with Crippen LogP contribution in [0.15, 0.2) is 54.6 Å². The van der Waals surface area contributed by atoms with Gasteiger partial charge in [0.25, 0.3) is 0 Å². The highest BCUT2D eigenvalue weighted by atomic mass is 19.1. The van der Waals surface area contributed by atoms with Crippen molar-refractivity contribution >= 4 is 17.4 Å². The van der Waals surface area contributed by atoms with Gasteiger partial charge in [0.15, 0.2) is 11.8 Å². The number of carboxylic acid groups (broad SMARTS) is 1. The Labute approximate surface area is 233 Å². The number of nitrogens with zero attached hydrogens (tertiary/aromatic N) is 4. The minimum absolute atomic E-state index is 0.191. The molecule has 1 unspecified atom stereocenters. The fourth-order valence-electron chi connectivity index (χ4n) is 5.80. The second-order valence-electron chi connectivity index (χ2n) is 11.8. The van der Waals surface area contributed by atoms with Crippen LogP contribution < -0.4 is 4.90 Å². The number of benzene rings is 2. The molecule has 1 saturated carbocycles. The van der Waals surface area contributed by atoms with E-state index in [2.05, 4.69) is 4.90 Å². The Balaban J connectivity index is 1.46. The van der Waals surface area contributed by atoms with Crippen LogP contribution in [0.5, 0.6) is 0 Å². The predicted octanol–water partition coefficient (Wildman–Crippen LogP) is 6.69. The first-order chi connectivity index (χ1) is 19.2. The Morgan fingerprint density at radius 1 is 1.02 bits per heavy atom. The van der Waals surface area contributed by atoms with E-state index in [1.54, 1.807) is 12.1 Å². The molecule has 1 spiro atoms. The van der Waals surface area contributed by atoms with Gasteiger partial charge in [-0.05, 0) is 73.3 Å². The Morgan fingerprint density at radius 3 is 2.38 bits per heavy atom. The lowest BCUT2D eigenvalue weighted by Gasteiger charge is -2.36. The third-order valence-electron chi connectivity index (χ3n) is 8.30. The number of rotatable bonds is 8. The molecule has 8 heteroatoms. The first kappa shape index (κ1) is 26.4. The van der Waals surface area contributed by atoms with Crippen LogP contribution in [0.2, 0.25) is 0 Å². The van der Waals surface area contributed by atoms with Gasteiger partial charge in [-0.1, -0.05) is 44.2 Å². The molecule has 4 aromatic rings. The highest BCUT2D eigenvalue weighted by molar-refractivity contribution is 5.79. The summed E-state index contributed by atoms with van der Waals surface area (Å²) < 4.78 is 21.3. The van der Waals surface area contributed by atoms with Gasteiger partial charge in [-0.25, -0.2) is 14.2 Å². The van der Waals surface area contributed by atoms with Crippen molar-refractivity contribution < 1.29 is 19.0 Å². The van der Waals surface area contributed by atoms with Gasteiger partial charge in [-0.15, -0.1) is 0 Å². The molecule has 2 aromatic carbocycles. The monoisotopic (exact) mass is 542 g/mol. The minimum atomic E-state index is -1.14. The quantitative estimate of drug-likeness (QED) is 0.267. The third kappa shape index (κ3) is 5.08. The number of aryl methyl sites for hydroxylation is 1. The molecule has 2 aliphatic rings. The molecule has 1 aliphatic heterocycles. The van der Waals surface area contributed by atoms with Crippen LogP contribution in [-0.4, -0.2) is 45.4 Å². The fraction of sp³-hybridized carbons (Fsp3) is 0.406. The Kier molecular flexibility index (Phi) is 6.82. The maximum atomic E-state index is 13.5. The zero-order chi connectivity index (χ0) is 28.0. The molecule has 1 saturated heterocycles. The summed E-state index contributed by atoms with van der Waals surface area (Å²) >= 11 is 0. The molecule has 0 radical (unpaired) electrons. The molecule has 1 aliphatic carbocycles. The summed E-state index contributed by atoms with van der Waals surface area (Å²) in [6, 6.07) is 16.4. The standard InChI is InChI=1S/C32H35FN4O3/c1-20(2)19-40-29(31(38)39)28-21(3)34-27-18-26(24-6-4-5-23(17-24)22-7-9-25(33)10-8-22)35-37(27)30(28)36-15-13-32(11-12-32)14-16-36/h4-10,17-18,20,29H,11-16,19H2,1-3H3,(H,38,39). The zero-order valence-electron chi connectivity index (χ0n) is 23.2. The van der Waals surface area contributed by atoms with Gasteiger partial charge >= 0.3 is 5.97 Å². The number of ether oxygens (including phenoxy) is 1. The van der Waals surface area contributed by atoms with Gasteiger partial charge in [-0.3, -0.25) is 0 Å². The van der Waals surface area contributed by atoms with Gasteiger partial charge < -0.3 is 14.7 Å². The summed E-state index contributed by atoms with van der Waals surface area (Å²) in [5, 5.41) is 15.3. The minimum Gasteiger partial charge on any atom is -0.479 e. The molecular formula is C32H35FN4O3. The van der Waals surface area contributed by atoms with Crippen molar-refractivity contribution in [3.63, 3.8) is 0 Å². The van der Waals surface area contributed by atoms with E-state index in [4.69, 9.17) is 14.8 Å². The van der Waals surface area contributed by atoms with Crippen LogP contribution in [0.1, 0.15) is 56.9 Å². The first-order valence-electron chi connectivity index (χ1n) is 14.1. The van der Waals surface area contributed by atoms with Crippen LogP contribution >= 0.6 is 0 Å². The molecule has 2 fully saturated rings. The summed E-state index contributed by atoms with van der Waals surface area (Å²) in [4.78, 5) is 19.7. The normalized spacial score (nSPS) is 17.1. The molecule has 1 N–H and O–H groups in total. The first-order valence-corrected chi connectivity index (χ1v) is 14.1. The van der Waals surface area contributed by atoms with Gasteiger partial charge in [0.05, 0.1) is 17.9 Å². The lowest BCUT2D eigenvalue weighted by Crippen LogP contribution is -2.37. The second-order valence-corrected chi connectivity index (χ2v) is 11.8. The number of anilines is 1. The maximum Gasteiger partial charge on any atom is 0.337 e. The van der Waals surface area contributed by atoms with Crippen molar-refractivity contribution in [1.82, 2.24) is 14.6 Å². The maximum absolute atomic E-state index is 13.5. The van der Waals surface area contributed by atoms with E-state index in [1.165, 1.54) is 25.0 Å². The number of aromatic nitrogens is 3. The Morgan fingerprint density at radius 2 is 1.73 bits per heavy atom. The lowest BCUT2D eigenvalue weighted by molar-refractivity contribution is -0.151. The number of hydrogen-bond donors (Lipinski definition) is 1. The largest absolute Gasteiger partial charge is 0.479 e. The van der Waals surface area contributed by atoms with Crippen LogP contribution in [0.4, 0.5) is 10.2 Å². The number of carboxylic acids is 1. The smallest absolute Gasteiger partial charge is 0.337 e. The highest BCUT2D eigenvalue weighted by Gasteiger charge is 2.45. The van der Waals surface area contributed by atoms with E-state index >= 15 is 0 Å². The number of piperidine rings is 1. The predicted molar refractivity (Wildman–Crippen MR) is 153 cm³/mol. The number of aliphatic carboxylic acids is 1. The Hall–Kier alpha value is -3.78. The van der Waals surface area contributed by atoms with E-state index < -0.39 is 12.1 Å². The van der Waals surface area contributed by atoms with Crippen molar-refractivity contribution in [1.29, 1.82) is 0 Å². The Bertz CT molecular complexity index is 1550. The van der Waals surface area contributed by atoms with E-state index in [1.807, 2.05) is 55.6 Å². The summed E-state index contributed by atoms with van der Waals surface area (Å²) in [6.07, 6.45) is 3.61. The highest BCUT2D eigenvalue weighted by Crippen LogP contribution is 2.54. The number of halogens is 1. The fourth-order valence-corrected chi connectivity index (χ4v) is 5.80. The molecule has 0 amide bonds. The molecule has 0 bridgehead atoms. The van der Waals surface area contributed by atoms with Crippen LogP contribution in [-0.2, 0) is 9.53 Å². The number of hydrogen-bond acceptors (Lipinski definition) is 5. The topological polar surface area (TPSA) is 80.0 Å². The molecule has 3 heterocycles. The average molecular weight is 543 g/mol. The van der Waals surface area contributed by atoms with Crippen molar-refractivity contribution in [2.45, 2.75) is 52.6 Å². The van der Waals surface area contributed by atoms with Crippen molar-refractivity contribution in [3.8, 4) is 22.4 Å². The van der Waals surface area contributed by atoms with Crippen molar-refractivity contribution in [3.05, 3.63) is 71.7 Å². The van der Waals surface area contributed by atoms with Gasteiger partial charge in [0, 0.05) is 30.4 Å². The average Bonchev–Trinajstić information content (AvgIpc) is 3.55. The molecule has 7 nitrogen and oxygen atoms in total. The van der Waals surface area contributed by atoms with Crippen LogP contribution in [0.25, 0.3) is 28.0 Å². The summed E-state index contributed by atoms with van der Waals surface area (Å²) in [7, 11) is 0. The second kappa shape index (κ2) is 10.3. The van der Waals surface area contributed by atoms with E-state index in [9.17, 15) is 14.3 Å². The van der Waals surface area contributed by atoms with Crippen molar-refractivity contribution in [2.75, 3.05) is 24.6 Å². The van der Waals surface area contributed by atoms with Gasteiger partial charge in [0.1, 0.15) is 11.6 Å². The van der Waals surface area contributed by atoms with Crippen LogP contribution in [0.3, 0.4) is 0 Å². The molecule has 2 aromatic heterocycles. The van der Waals surface area contributed by atoms with Crippen LogP contribution in [0, 0.1) is 24.1 Å². The molecule has 6 rings (SSSR count). The third-order valence-corrected chi connectivity index (χ3v) is 8.30.